The van der Waals surface area contributed by atoms with E-state index in [0.29, 0.717) is 16.7 Å². The highest BCUT2D eigenvalue weighted by molar-refractivity contribution is 5.97. The lowest BCUT2D eigenvalue weighted by Gasteiger charge is -2.08. The van der Waals surface area contributed by atoms with Crippen LogP contribution in [0.15, 0.2) is 23.1 Å². The summed E-state index contributed by atoms with van der Waals surface area (Å²) in [7, 11) is 1.52. The molecule has 1 aromatic carbocycles. The average Bonchev–Trinajstić information content (AvgIpc) is 2.38. The SMILES string of the molecule is COc1cc(C)cc2c(=O)c(C(=O)NN)c[nH]c12. The quantitative estimate of drug-likeness (QED) is 0.407. The van der Waals surface area contributed by atoms with E-state index >= 15 is 0 Å². The second-order valence-electron chi connectivity index (χ2n) is 3.89. The first-order valence-electron chi connectivity index (χ1n) is 5.29. The first kappa shape index (κ1) is 12.1. The minimum atomic E-state index is -0.626. The maximum absolute atomic E-state index is 12.2. The van der Waals surface area contributed by atoms with Crippen LogP contribution in [-0.4, -0.2) is 18.0 Å². The Morgan fingerprint density at radius 2 is 2.17 bits per heavy atom. The molecule has 0 aliphatic carbocycles. The van der Waals surface area contributed by atoms with Crippen LogP contribution in [0.3, 0.4) is 0 Å². The van der Waals surface area contributed by atoms with E-state index < -0.39 is 5.91 Å². The van der Waals surface area contributed by atoms with Crippen LogP contribution in [0.5, 0.6) is 5.75 Å². The molecular formula is C12H13N3O3. The number of aromatic amines is 1. The number of nitrogens with two attached hydrogens (primary N) is 1. The fourth-order valence-corrected chi connectivity index (χ4v) is 1.84. The summed E-state index contributed by atoms with van der Waals surface area (Å²) in [6.45, 7) is 1.84. The number of hydrazine groups is 1. The normalized spacial score (nSPS) is 10.4. The van der Waals surface area contributed by atoms with Gasteiger partial charge >= 0.3 is 0 Å². The summed E-state index contributed by atoms with van der Waals surface area (Å²) in [5.74, 6) is 4.96. The number of rotatable bonds is 2. The molecule has 0 radical (unpaired) electrons. The molecule has 2 rings (SSSR count). The summed E-state index contributed by atoms with van der Waals surface area (Å²) in [4.78, 5) is 26.5. The zero-order valence-electron chi connectivity index (χ0n) is 10.0. The van der Waals surface area contributed by atoms with Crippen LogP contribution in [-0.2, 0) is 0 Å². The minimum absolute atomic E-state index is 0.0300. The molecule has 1 amide bonds. The Morgan fingerprint density at radius 1 is 1.44 bits per heavy atom. The van der Waals surface area contributed by atoms with E-state index in [2.05, 4.69) is 4.98 Å². The largest absolute Gasteiger partial charge is 0.495 e. The maximum Gasteiger partial charge on any atom is 0.270 e. The number of ether oxygens (including phenoxy) is 1. The predicted octanol–water partition coefficient (Wildman–Crippen LogP) is 0.449. The maximum atomic E-state index is 12.2. The van der Waals surface area contributed by atoms with Crippen molar-refractivity contribution in [3.05, 3.63) is 39.7 Å². The smallest absolute Gasteiger partial charge is 0.270 e. The second-order valence-corrected chi connectivity index (χ2v) is 3.89. The Balaban J connectivity index is 2.83. The number of fused-ring (bicyclic) bond motifs is 1. The highest BCUT2D eigenvalue weighted by atomic mass is 16.5. The number of amides is 1. The fraction of sp³-hybridized carbons (Fsp3) is 0.167. The molecule has 94 valence electrons. The van der Waals surface area contributed by atoms with Gasteiger partial charge in [0.15, 0.2) is 0 Å². The molecule has 0 bridgehead atoms. The number of carbonyl (C=O) groups excluding carboxylic acids is 1. The molecule has 0 spiro atoms. The third kappa shape index (κ3) is 1.82. The van der Waals surface area contributed by atoms with Gasteiger partial charge in [-0.3, -0.25) is 15.0 Å². The van der Waals surface area contributed by atoms with Crippen molar-refractivity contribution >= 4 is 16.8 Å². The van der Waals surface area contributed by atoms with Crippen LogP contribution in [0.4, 0.5) is 0 Å². The molecular weight excluding hydrogens is 234 g/mol. The number of benzene rings is 1. The number of nitrogens with one attached hydrogen (secondary N) is 2. The third-order valence-electron chi connectivity index (χ3n) is 2.69. The molecule has 4 N–H and O–H groups in total. The van der Waals surface area contributed by atoms with E-state index in [4.69, 9.17) is 10.6 Å². The third-order valence-corrected chi connectivity index (χ3v) is 2.69. The van der Waals surface area contributed by atoms with Gasteiger partial charge in [0.2, 0.25) is 5.43 Å². The second kappa shape index (κ2) is 4.50. The molecule has 6 nitrogen and oxygen atoms in total. The van der Waals surface area contributed by atoms with Crippen molar-refractivity contribution in [3.8, 4) is 5.75 Å². The number of H-pyrrole nitrogens is 1. The van der Waals surface area contributed by atoms with Gasteiger partial charge in [0, 0.05) is 6.20 Å². The average molecular weight is 247 g/mol. The van der Waals surface area contributed by atoms with Gasteiger partial charge in [-0.25, -0.2) is 5.84 Å². The Hall–Kier alpha value is -2.34. The van der Waals surface area contributed by atoms with E-state index in [1.807, 2.05) is 12.3 Å². The first-order chi connectivity index (χ1) is 8.58. The van der Waals surface area contributed by atoms with Crippen molar-refractivity contribution in [2.75, 3.05) is 7.11 Å². The number of aromatic nitrogens is 1. The molecule has 0 aliphatic heterocycles. The van der Waals surface area contributed by atoms with Crippen molar-refractivity contribution < 1.29 is 9.53 Å². The minimum Gasteiger partial charge on any atom is -0.495 e. The van der Waals surface area contributed by atoms with E-state index in [9.17, 15) is 9.59 Å². The van der Waals surface area contributed by atoms with Crippen LogP contribution in [0, 0.1) is 6.92 Å². The van der Waals surface area contributed by atoms with E-state index in [1.54, 1.807) is 12.1 Å². The molecule has 0 saturated carbocycles. The lowest BCUT2D eigenvalue weighted by atomic mass is 10.1. The number of methoxy groups -OCH3 is 1. The van der Waals surface area contributed by atoms with Gasteiger partial charge in [-0.1, -0.05) is 0 Å². The molecule has 0 fully saturated rings. The van der Waals surface area contributed by atoms with E-state index in [1.165, 1.54) is 13.3 Å². The van der Waals surface area contributed by atoms with Gasteiger partial charge in [-0.2, -0.15) is 0 Å². The van der Waals surface area contributed by atoms with Crippen molar-refractivity contribution in [2.24, 2.45) is 5.84 Å². The zero-order chi connectivity index (χ0) is 13.3. The topological polar surface area (TPSA) is 97.2 Å². The molecule has 0 aliphatic rings. The Labute approximate surface area is 103 Å². The molecule has 0 saturated heterocycles. The van der Waals surface area contributed by atoms with Crippen molar-refractivity contribution in [1.29, 1.82) is 0 Å². The Bertz CT molecular complexity index is 676. The van der Waals surface area contributed by atoms with Crippen LogP contribution in [0.2, 0.25) is 0 Å². The van der Waals surface area contributed by atoms with Crippen LogP contribution in [0.25, 0.3) is 10.9 Å². The number of carbonyl (C=O) groups is 1. The van der Waals surface area contributed by atoms with E-state index in [-0.39, 0.29) is 11.0 Å². The summed E-state index contributed by atoms with van der Waals surface area (Å²) in [6, 6.07) is 3.50. The van der Waals surface area contributed by atoms with Gasteiger partial charge in [0.05, 0.1) is 18.0 Å². The van der Waals surface area contributed by atoms with Crippen LogP contribution >= 0.6 is 0 Å². The first-order valence-corrected chi connectivity index (χ1v) is 5.29. The summed E-state index contributed by atoms with van der Waals surface area (Å²) in [5.41, 5.74) is 2.96. The summed E-state index contributed by atoms with van der Waals surface area (Å²) < 4.78 is 5.19. The predicted molar refractivity (Wildman–Crippen MR) is 67.5 cm³/mol. The molecule has 0 atom stereocenters. The van der Waals surface area contributed by atoms with Gasteiger partial charge < -0.3 is 9.72 Å². The zero-order valence-corrected chi connectivity index (χ0v) is 10.0. The summed E-state index contributed by atoms with van der Waals surface area (Å²) >= 11 is 0. The van der Waals surface area contributed by atoms with Gasteiger partial charge in [0.1, 0.15) is 11.3 Å². The van der Waals surface area contributed by atoms with Gasteiger partial charge in [0.25, 0.3) is 5.91 Å². The standard InChI is InChI=1S/C12H13N3O3/c1-6-3-7-10(9(4-6)18-2)14-5-8(11(7)16)12(17)15-13/h3-5H,13H2,1-2H3,(H,14,16)(H,15,17). The lowest BCUT2D eigenvalue weighted by Crippen LogP contribution is -2.33. The van der Waals surface area contributed by atoms with Gasteiger partial charge in [-0.05, 0) is 24.6 Å². The molecule has 1 heterocycles. The Kier molecular flexibility index (Phi) is 3.03. The van der Waals surface area contributed by atoms with Gasteiger partial charge in [-0.15, -0.1) is 0 Å². The Morgan fingerprint density at radius 3 is 2.78 bits per heavy atom. The lowest BCUT2D eigenvalue weighted by molar-refractivity contribution is 0.0952. The van der Waals surface area contributed by atoms with Crippen molar-refractivity contribution in [2.45, 2.75) is 6.92 Å². The van der Waals surface area contributed by atoms with E-state index in [0.717, 1.165) is 5.56 Å². The molecule has 2 aromatic rings. The summed E-state index contributed by atoms with van der Waals surface area (Å²) in [6.07, 6.45) is 1.32. The summed E-state index contributed by atoms with van der Waals surface area (Å²) in [5, 5.41) is 0.396. The van der Waals surface area contributed by atoms with Crippen LogP contribution in [0.1, 0.15) is 15.9 Å². The highest BCUT2D eigenvalue weighted by Gasteiger charge is 2.14. The number of hydrogen-bond donors (Lipinski definition) is 3. The molecule has 1 aromatic heterocycles. The fourth-order valence-electron chi connectivity index (χ4n) is 1.84. The van der Waals surface area contributed by atoms with Crippen molar-refractivity contribution in [1.82, 2.24) is 10.4 Å². The molecule has 6 heteroatoms. The number of hydrogen-bond acceptors (Lipinski definition) is 4. The molecule has 0 unspecified atom stereocenters. The molecule has 18 heavy (non-hydrogen) atoms. The van der Waals surface area contributed by atoms with Crippen LogP contribution < -0.4 is 21.4 Å². The number of nitrogen functional groups attached to an aromatic ring is 1. The van der Waals surface area contributed by atoms with Crippen molar-refractivity contribution in [3.63, 3.8) is 0 Å². The monoisotopic (exact) mass is 247 g/mol. The highest BCUT2D eigenvalue weighted by Crippen LogP contribution is 2.23. The number of pyridine rings is 1. The number of aryl methyl sites for hydroxylation is 1.